The highest BCUT2D eigenvalue weighted by atomic mass is 35.5. The molecule has 2 aromatic carbocycles. The van der Waals surface area contributed by atoms with Gasteiger partial charge in [0.25, 0.3) is 0 Å². The number of carbonyl (C=O) groups is 1. The third-order valence-corrected chi connectivity index (χ3v) is 7.27. The van der Waals surface area contributed by atoms with Crippen LogP contribution in [-0.4, -0.2) is 28.6 Å². The number of carbonyl (C=O) groups excluding carboxylic acids is 1. The van der Waals surface area contributed by atoms with Gasteiger partial charge >= 0.3 is 0 Å². The second-order valence-electron chi connectivity index (χ2n) is 9.59. The number of hydrogen-bond donors (Lipinski definition) is 1. The fraction of sp³-hybridized carbons (Fsp3) is 0.517. The molecule has 0 unspecified atom stereocenters. The fourth-order valence-electron chi connectivity index (χ4n) is 4.99. The maximum atomic E-state index is 12.3. The zero-order chi connectivity index (χ0) is 24.3. The highest BCUT2D eigenvalue weighted by Crippen LogP contribution is 2.24. The lowest BCUT2D eigenvalue weighted by Crippen LogP contribution is -2.32. The largest absolute Gasteiger partial charge is 0.492 e. The van der Waals surface area contributed by atoms with Gasteiger partial charge in [0.15, 0.2) is 0 Å². The number of amides is 1. The van der Waals surface area contributed by atoms with Crippen molar-refractivity contribution in [3.05, 3.63) is 59.4 Å². The molecule has 1 aromatic heterocycles. The van der Waals surface area contributed by atoms with Gasteiger partial charge in [-0.2, -0.15) is 0 Å². The number of para-hydroxylation sites is 3. The SMILES string of the molecule is O=C(NCCCCCc1nc2ccccc2n1CCCCOc1ccccc1Cl)C1CCCCC1. The van der Waals surface area contributed by atoms with Gasteiger partial charge in [0, 0.05) is 25.4 Å². The van der Waals surface area contributed by atoms with Gasteiger partial charge in [0.05, 0.1) is 22.7 Å². The summed E-state index contributed by atoms with van der Waals surface area (Å²) in [5, 5.41) is 3.82. The van der Waals surface area contributed by atoms with Crippen molar-refractivity contribution in [1.29, 1.82) is 0 Å². The van der Waals surface area contributed by atoms with Gasteiger partial charge in [-0.15, -0.1) is 0 Å². The number of nitrogens with one attached hydrogen (secondary N) is 1. The molecule has 0 spiro atoms. The lowest BCUT2D eigenvalue weighted by Gasteiger charge is -2.20. The maximum Gasteiger partial charge on any atom is 0.223 e. The second-order valence-corrected chi connectivity index (χ2v) is 10.00. The summed E-state index contributed by atoms with van der Waals surface area (Å²) in [6.45, 7) is 2.37. The molecule has 0 aliphatic heterocycles. The monoisotopic (exact) mass is 495 g/mol. The molecule has 1 saturated carbocycles. The van der Waals surface area contributed by atoms with Crippen LogP contribution in [0, 0.1) is 5.92 Å². The van der Waals surface area contributed by atoms with Gasteiger partial charge in [-0.05, 0) is 62.8 Å². The predicted molar refractivity (Wildman–Crippen MR) is 143 cm³/mol. The van der Waals surface area contributed by atoms with E-state index in [-0.39, 0.29) is 11.8 Å². The molecule has 0 bridgehead atoms. The summed E-state index contributed by atoms with van der Waals surface area (Å²) in [6, 6.07) is 16.0. The number of unbranched alkanes of at least 4 members (excludes halogenated alkanes) is 3. The Labute approximate surface area is 214 Å². The number of aryl methyl sites for hydroxylation is 2. The third-order valence-electron chi connectivity index (χ3n) is 6.96. The number of ether oxygens (including phenoxy) is 1. The summed E-state index contributed by atoms with van der Waals surface area (Å²) < 4.78 is 8.22. The van der Waals surface area contributed by atoms with E-state index < -0.39 is 0 Å². The Morgan fingerprint density at radius 1 is 0.971 bits per heavy atom. The predicted octanol–water partition coefficient (Wildman–Crippen LogP) is 6.96. The van der Waals surface area contributed by atoms with Crippen LogP contribution >= 0.6 is 11.6 Å². The molecular weight excluding hydrogens is 458 g/mol. The van der Waals surface area contributed by atoms with Crippen LogP contribution in [0.5, 0.6) is 5.75 Å². The average Bonchev–Trinajstić information content (AvgIpc) is 3.24. The molecule has 0 radical (unpaired) electrons. The molecule has 6 heteroatoms. The number of halogens is 1. The summed E-state index contributed by atoms with van der Waals surface area (Å²) in [5.41, 5.74) is 2.27. The summed E-state index contributed by atoms with van der Waals surface area (Å²) >= 11 is 6.18. The van der Waals surface area contributed by atoms with Gasteiger partial charge in [-0.1, -0.05) is 61.5 Å². The first-order valence-corrected chi connectivity index (χ1v) is 13.7. The standard InChI is InChI=1S/C29H38ClN3O2/c30-24-15-6-9-18-27(24)35-22-12-11-21-33-26-17-8-7-16-25(26)32-28(33)19-5-2-10-20-31-29(34)23-13-3-1-4-14-23/h6-9,15-18,23H,1-5,10-14,19-22H2,(H,31,34). The van der Waals surface area contributed by atoms with E-state index >= 15 is 0 Å². The van der Waals surface area contributed by atoms with Crippen molar-refractivity contribution in [3.63, 3.8) is 0 Å². The molecule has 35 heavy (non-hydrogen) atoms. The molecule has 0 saturated heterocycles. The number of aromatic nitrogens is 2. The molecule has 188 valence electrons. The zero-order valence-corrected chi connectivity index (χ0v) is 21.4. The zero-order valence-electron chi connectivity index (χ0n) is 20.7. The number of benzene rings is 2. The number of imidazole rings is 1. The van der Waals surface area contributed by atoms with Crippen LogP contribution in [0.3, 0.4) is 0 Å². The van der Waals surface area contributed by atoms with Crippen LogP contribution in [0.2, 0.25) is 5.02 Å². The Bertz CT molecular complexity index is 1070. The first-order valence-electron chi connectivity index (χ1n) is 13.3. The molecule has 1 amide bonds. The van der Waals surface area contributed by atoms with Crippen LogP contribution in [0.25, 0.3) is 11.0 Å². The quantitative estimate of drug-likeness (QED) is 0.261. The third kappa shape index (κ3) is 7.47. The Balaban J connectivity index is 1.20. The van der Waals surface area contributed by atoms with E-state index in [1.807, 2.05) is 24.3 Å². The van der Waals surface area contributed by atoms with E-state index in [0.29, 0.717) is 11.6 Å². The van der Waals surface area contributed by atoms with Crippen LogP contribution in [0.15, 0.2) is 48.5 Å². The van der Waals surface area contributed by atoms with Gasteiger partial charge in [-0.25, -0.2) is 4.98 Å². The van der Waals surface area contributed by atoms with Crippen molar-refractivity contribution < 1.29 is 9.53 Å². The van der Waals surface area contributed by atoms with Crippen LogP contribution in [-0.2, 0) is 17.8 Å². The fourth-order valence-corrected chi connectivity index (χ4v) is 5.18. The normalized spacial score (nSPS) is 14.3. The topological polar surface area (TPSA) is 56.2 Å². The van der Waals surface area contributed by atoms with E-state index in [0.717, 1.165) is 81.5 Å². The Morgan fingerprint density at radius 2 is 1.77 bits per heavy atom. The Morgan fingerprint density at radius 3 is 2.63 bits per heavy atom. The van der Waals surface area contributed by atoms with Gasteiger partial charge in [0.2, 0.25) is 5.91 Å². The number of nitrogens with zero attached hydrogens (tertiary/aromatic N) is 2. The van der Waals surface area contributed by atoms with Crippen molar-refractivity contribution in [1.82, 2.24) is 14.9 Å². The first-order chi connectivity index (χ1) is 17.2. The number of fused-ring (bicyclic) bond motifs is 1. The van der Waals surface area contributed by atoms with E-state index in [9.17, 15) is 4.79 Å². The molecule has 1 aliphatic rings. The average molecular weight is 496 g/mol. The number of rotatable bonds is 13. The van der Waals surface area contributed by atoms with E-state index in [2.05, 4.69) is 34.1 Å². The van der Waals surface area contributed by atoms with Crippen molar-refractivity contribution in [3.8, 4) is 5.75 Å². The summed E-state index contributed by atoms with van der Waals surface area (Å²) in [5.74, 6) is 2.42. The smallest absolute Gasteiger partial charge is 0.223 e. The van der Waals surface area contributed by atoms with E-state index in [1.54, 1.807) is 0 Å². The maximum absolute atomic E-state index is 12.3. The van der Waals surface area contributed by atoms with Gasteiger partial charge in [-0.3, -0.25) is 4.79 Å². The molecular formula is C29H38ClN3O2. The van der Waals surface area contributed by atoms with E-state index in [4.69, 9.17) is 21.3 Å². The van der Waals surface area contributed by atoms with Gasteiger partial charge in [0.1, 0.15) is 11.6 Å². The summed E-state index contributed by atoms with van der Waals surface area (Å²) in [4.78, 5) is 17.2. The Hall–Kier alpha value is -2.53. The minimum absolute atomic E-state index is 0.249. The molecule has 4 rings (SSSR count). The van der Waals surface area contributed by atoms with Crippen molar-refractivity contribution >= 4 is 28.5 Å². The first kappa shape index (κ1) is 25.6. The highest BCUT2D eigenvalue weighted by Gasteiger charge is 2.20. The molecule has 1 aliphatic carbocycles. The number of hydrogen-bond acceptors (Lipinski definition) is 3. The Kier molecular flexibility index (Phi) is 9.88. The molecule has 3 aromatic rings. The van der Waals surface area contributed by atoms with Gasteiger partial charge < -0.3 is 14.6 Å². The van der Waals surface area contributed by atoms with Crippen LogP contribution < -0.4 is 10.1 Å². The summed E-state index contributed by atoms with van der Waals surface area (Å²) in [6.07, 6.45) is 12.0. The molecule has 1 N–H and O–H groups in total. The summed E-state index contributed by atoms with van der Waals surface area (Å²) in [7, 11) is 0. The molecule has 1 fully saturated rings. The minimum atomic E-state index is 0.249. The molecule has 0 atom stereocenters. The molecule has 1 heterocycles. The van der Waals surface area contributed by atoms with Crippen molar-refractivity contribution in [2.75, 3.05) is 13.2 Å². The van der Waals surface area contributed by atoms with E-state index in [1.165, 1.54) is 24.8 Å². The lowest BCUT2D eigenvalue weighted by molar-refractivity contribution is -0.125. The second kappa shape index (κ2) is 13.5. The van der Waals surface area contributed by atoms with Crippen molar-refractivity contribution in [2.24, 2.45) is 5.92 Å². The highest BCUT2D eigenvalue weighted by molar-refractivity contribution is 6.32. The minimum Gasteiger partial charge on any atom is -0.492 e. The van der Waals surface area contributed by atoms with Crippen LogP contribution in [0.1, 0.15) is 70.0 Å². The van der Waals surface area contributed by atoms with Crippen LogP contribution in [0.4, 0.5) is 0 Å². The molecule has 5 nitrogen and oxygen atoms in total. The van der Waals surface area contributed by atoms with Crippen molar-refractivity contribution in [2.45, 2.75) is 77.2 Å². The lowest BCUT2D eigenvalue weighted by atomic mass is 9.89.